The Morgan fingerprint density at radius 1 is 1.04 bits per heavy atom. The second-order valence-corrected chi connectivity index (χ2v) is 8.50. The molecule has 0 radical (unpaired) electrons. The minimum atomic E-state index is -0.633. The number of aliphatic hydroxyl groups excluding tert-OH is 1. The van der Waals surface area contributed by atoms with E-state index in [2.05, 4.69) is 4.90 Å². The highest BCUT2D eigenvalue weighted by Gasteiger charge is 2.48. The van der Waals surface area contributed by atoms with Crippen LogP contribution in [-0.4, -0.2) is 52.6 Å². The summed E-state index contributed by atoms with van der Waals surface area (Å²) in [6.07, 6.45) is 1.75. The molecule has 0 amide bonds. The van der Waals surface area contributed by atoms with E-state index in [0.717, 1.165) is 42.8 Å². The maximum atomic E-state index is 11.1. The molecule has 0 spiro atoms. The van der Waals surface area contributed by atoms with Gasteiger partial charge in [-0.3, -0.25) is 4.90 Å². The Bertz CT molecular complexity index is 775. The number of hydrogen-bond donors (Lipinski definition) is 3. The molecule has 1 saturated heterocycles. The van der Waals surface area contributed by atoms with Gasteiger partial charge in [0.05, 0.1) is 18.8 Å². The van der Waals surface area contributed by atoms with Crippen LogP contribution >= 0.6 is 0 Å². The zero-order valence-electron chi connectivity index (χ0n) is 16.3. The third-order valence-corrected chi connectivity index (χ3v) is 6.34. The first-order valence-corrected chi connectivity index (χ1v) is 9.99. The van der Waals surface area contributed by atoms with Gasteiger partial charge < -0.3 is 20.1 Å². The topological polar surface area (TPSA) is 73.2 Å². The van der Waals surface area contributed by atoms with E-state index in [1.807, 2.05) is 24.3 Å². The highest BCUT2D eigenvalue weighted by molar-refractivity contribution is 5.29. The van der Waals surface area contributed by atoms with E-state index in [1.54, 1.807) is 31.4 Å². The monoisotopic (exact) mass is 383 g/mol. The van der Waals surface area contributed by atoms with Gasteiger partial charge in [-0.15, -0.1) is 0 Å². The lowest BCUT2D eigenvalue weighted by atomic mass is 9.91. The predicted octanol–water partition coefficient (Wildman–Crippen LogP) is 2.75. The number of likely N-dealkylation sites (tertiary alicyclic amines) is 1. The van der Waals surface area contributed by atoms with Gasteiger partial charge in [0.1, 0.15) is 11.5 Å². The Hall–Kier alpha value is -2.08. The van der Waals surface area contributed by atoms with Gasteiger partial charge >= 0.3 is 0 Å². The summed E-state index contributed by atoms with van der Waals surface area (Å²) in [5.74, 6) is 2.01. The van der Waals surface area contributed by atoms with Crippen LogP contribution < -0.4 is 4.74 Å². The van der Waals surface area contributed by atoms with Gasteiger partial charge in [0.2, 0.25) is 0 Å². The van der Waals surface area contributed by atoms with Gasteiger partial charge in [-0.25, -0.2) is 0 Å². The summed E-state index contributed by atoms with van der Waals surface area (Å²) in [6.45, 7) is 2.43. The number of methoxy groups -OCH3 is 1. The largest absolute Gasteiger partial charge is 0.508 e. The molecule has 5 heteroatoms. The van der Waals surface area contributed by atoms with Crippen LogP contribution in [0.1, 0.15) is 30.1 Å². The minimum Gasteiger partial charge on any atom is -0.508 e. The molecule has 2 aromatic rings. The fraction of sp³-hybridized carbons (Fsp3) is 0.478. The summed E-state index contributed by atoms with van der Waals surface area (Å²) < 4.78 is 5.21. The second kappa shape index (κ2) is 7.74. The molecule has 2 fully saturated rings. The first kappa shape index (κ1) is 19.2. The molecule has 4 rings (SSSR count). The lowest BCUT2D eigenvalue weighted by Crippen LogP contribution is -2.33. The summed E-state index contributed by atoms with van der Waals surface area (Å²) in [4.78, 5) is 2.31. The third-order valence-electron chi connectivity index (χ3n) is 6.34. The van der Waals surface area contributed by atoms with Crippen molar-refractivity contribution in [1.82, 2.24) is 4.90 Å². The fourth-order valence-corrected chi connectivity index (χ4v) is 5.02. The van der Waals surface area contributed by atoms with Crippen LogP contribution in [0.5, 0.6) is 11.5 Å². The van der Waals surface area contributed by atoms with Crippen LogP contribution in [0.4, 0.5) is 0 Å². The minimum absolute atomic E-state index is 0.211. The molecular formula is C23H29NO4. The Balaban J connectivity index is 1.31. The molecular weight excluding hydrogens is 354 g/mol. The Kier molecular flexibility index (Phi) is 5.32. The standard InChI is InChI=1S/C23H29NO4/c1-28-21-8-2-16(3-9-21)10-23(27)11-18-13-24(14-19(18)12-23)15-22(26)17-4-6-20(25)7-5-17/h2-9,18-19,22,25-27H,10-15H2,1H3/t18-,19?,22?,23?/m1/s1. The second-order valence-electron chi connectivity index (χ2n) is 8.50. The van der Waals surface area contributed by atoms with Crippen molar-refractivity contribution in [2.45, 2.75) is 31.0 Å². The van der Waals surface area contributed by atoms with Gasteiger partial charge in [-0.05, 0) is 60.1 Å². The number of aromatic hydroxyl groups is 1. The van der Waals surface area contributed by atoms with Crippen LogP contribution in [0.2, 0.25) is 0 Å². The smallest absolute Gasteiger partial charge is 0.118 e. The summed E-state index contributed by atoms with van der Waals surface area (Å²) in [5, 5.41) is 31.0. The Morgan fingerprint density at radius 3 is 2.21 bits per heavy atom. The van der Waals surface area contributed by atoms with Gasteiger partial charge in [0.15, 0.2) is 0 Å². The van der Waals surface area contributed by atoms with Crippen molar-refractivity contribution in [2.24, 2.45) is 11.8 Å². The van der Waals surface area contributed by atoms with E-state index in [-0.39, 0.29) is 5.75 Å². The average molecular weight is 383 g/mol. The molecule has 1 saturated carbocycles. The highest BCUT2D eigenvalue weighted by Crippen LogP contribution is 2.45. The maximum absolute atomic E-state index is 11.1. The van der Waals surface area contributed by atoms with E-state index < -0.39 is 11.7 Å². The average Bonchev–Trinajstić information content (AvgIpc) is 3.16. The molecule has 0 aromatic heterocycles. The molecule has 3 N–H and O–H groups in total. The van der Waals surface area contributed by atoms with Crippen LogP contribution in [0.15, 0.2) is 48.5 Å². The van der Waals surface area contributed by atoms with Gasteiger partial charge in [-0.2, -0.15) is 0 Å². The number of nitrogens with zero attached hydrogens (tertiary/aromatic N) is 1. The molecule has 5 nitrogen and oxygen atoms in total. The molecule has 2 aliphatic rings. The van der Waals surface area contributed by atoms with Gasteiger partial charge in [-0.1, -0.05) is 24.3 Å². The summed E-state index contributed by atoms with van der Waals surface area (Å²) in [5.41, 5.74) is 1.33. The molecule has 0 bridgehead atoms. The van der Waals surface area contributed by atoms with Crippen LogP contribution in [0.3, 0.4) is 0 Å². The Labute approximate surface area is 166 Å². The van der Waals surface area contributed by atoms with Crippen molar-refractivity contribution in [3.8, 4) is 11.5 Å². The summed E-state index contributed by atoms with van der Waals surface area (Å²) >= 11 is 0. The van der Waals surface area contributed by atoms with Crippen LogP contribution in [0.25, 0.3) is 0 Å². The third kappa shape index (κ3) is 4.17. The maximum Gasteiger partial charge on any atom is 0.118 e. The van der Waals surface area contributed by atoms with E-state index in [1.165, 1.54) is 0 Å². The number of phenolic OH excluding ortho intramolecular Hbond substituents is 1. The predicted molar refractivity (Wildman–Crippen MR) is 107 cm³/mol. The first-order valence-electron chi connectivity index (χ1n) is 9.99. The lowest BCUT2D eigenvalue weighted by Gasteiger charge is -2.27. The number of β-amino-alcohol motifs (C(OH)–C–C–N with tert-alkyl or cyclic N) is 1. The van der Waals surface area contributed by atoms with Gasteiger partial charge in [0, 0.05) is 26.1 Å². The zero-order chi connectivity index (χ0) is 19.7. The molecule has 28 heavy (non-hydrogen) atoms. The number of benzene rings is 2. The van der Waals surface area contributed by atoms with Gasteiger partial charge in [0.25, 0.3) is 0 Å². The van der Waals surface area contributed by atoms with Crippen molar-refractivity contribution in [3.63, 3.8) is 0 Å². The first-order chi connectivity index (χ1) is 13.4. The van der Waals surface area contributed by atoms with Crippen molar-refractivity contribution in [1.29, 1.82) is 0 Å². The summed E-state index contributed by atoms with van der Waals surface area (Å²) in [7, 11) is 1.66. The van der Waals surface area contributed by atoms with E-state index in [4.69, 9.17) is 4.74 Å². The summed E-state index contributed by atoms with van der Waals surface area (Å²) in [6, 6.07) is 14.7. The molecule has 1 aliphatic heterocycles. The van der Waals surface area contributed by atoms with Crippen molar-refractivity contribution in [3.05, 3.63) is 59.7 Å². The molecule has 4 atom stereocenters. The number of ether oxygens (including phenoxy) is 1. The number of phenols is 1. The molecule has 3 unspecified atom stereocenters. The molecule has 1 heterocycles. The molecule has 150 valence electrons. The number of hydrogen-bond acceptors (Lipinski definition) is 5. The van der Waals surface area contributed by atoms with E-state index in [0.29, 0.717) is 24.8 Å². The van der Waals surface area contributed by atoms with Crippen molar-refractivity contribution < 1.29 is 20.1 Å². The Morgan fingerprint density at radius 2 is 1.64 bits per heavy atom. The quantitative estimate of drug-likeness (QED) is 0.715. The van der Waals surface area contributed by atoms with E-state index >= 15 is 0 Å². The molecule has 1 aliphatic carbocycles. The van der Waals surface area contributed by atoms with Crippen molar-refractivity contribution in [2.75, 3.05) is 26.7 Å². The van der Waals surface area contributed by atoms with E-state index in [9.17, 15) is 15.3 Å². The number of fused-ring (bicyclic) bond motifs is 1. The number of rotatable bonds is 6. The number of aliphatic hydroxyl groups is 2. The SMILES string of the molecule is COc1ccc(CC2(O)CC3CN(CC(O)c4ccc(O)cc4)C[C@H]3C2)cc1. The lowest BCUT2D eigenvalue weighted by molar-refractivity contribution is 0.0328. The van der Waals surface area contributed by atoms with Crippen LogP contribution in [-0.2, 0) is 6.42 Å². The van der Waals surface area contributed by atoms with Crippen molar-refractivity contribution >= 4 is 0 Å². The fourth-order valence-electron chi connectivity index (χ4n) is 5.02. The normalized spacial score (nSPS) is 28.2. The zero-order valence-corrected chi connectivity index (χ0v) is 16.3. The van der Waals surface area contributed by atoms with Crippen LogP contribution in [0, 0.1) is 11.8 Å². The highest BCUT2D eigenvalue weighted by atomic mass is 16.5. The molecule has 2 aromatic carbocycles.